The van der Waals surface area contributed by atoms with E-state index in [1.807, 2.05) is 18.2 Å². The third kappa shape index (κ3) is 8.01. The number of carbonyl (C=O) groups is 2. The van der Waals surface area contributed by atoms with Gasteiger partial charge in [-0.25, -0.2) is 0 Å². The van der Waals surface area contributed by atoms with Gasteiger partial charge in [0.15, 0.2) is 0 Å². The van der Waals surface area contributed by atoms with Crippen LogP contribution in [-0.2, 0) is 27.3 Å². The van der Waals surface area contributed by atoms with Crippen molar-refractivity contribution in [3.05, 3.63) is 63.6 Å². The standard InChI is InChI=1S/C22H24Cl2N2O4S/c23-19-5-4-16(9-20(19)24)12-26-6-7-30-17(13-26)11-25-21(27)14-31-18-3-1-2-15(8-18)10-22(28)29/h1-5,8-9,17H,6-7,10-14H2,(H,25,27)(H,28,29). The molecule has 2 N–H and O–H groups in total. The van der Waals surface area contributed by atoms with Gasteiger partial charge in [0.1, 0.15) is 0 Å². The van der Waals surface area contributed by atoms with Gasteiger partial charge in [-0.3, -0.25) is 14.5 Å². The molecule has 31 heavy (non-hydrogen) atoms. The van der Waals surface area contributed by atoms with E-state index in [-0.39, 0.29) is 24.2 Å². The Morgan fingerprint density at radius 3 is 2.77 bits per heavy atom. The Morgan fingerprint density at radius 2 is 2.00 bits per heavy atom. The number of hydrogen-bond donors (Lipinski definition) is 2. The van der Waals surface area contributed by atoms with Crippen LogP contribution in [0.25, 0.3) is 0 Å². The number of hydrogen-bond acceptors (Lipinski definition) is 5. The Labute approximate surface area is 195 Å². The maximum atomic E-state index is 12.2. The van der Waals surface area contributed by atoms with Gasteiger partial charge in [0.25, 0.3) is 0 Å². The largest absolute Gasteiger partial charge is 0.481 e. The number of nitrogens with one attached hydrogen (secondary N) is 1. The second-order valence-corrected chi connectivity index (χ2v) is 9.15. The highest BCUT2D eigenvalue weighted by molar-refractivity contribution is 8.00. The molecule has 2 aromatic rings. The van der Waals surface area contributed by atoms with Gasteiger partial charge in [-0.05, 0) is 35.4 Å². The third-order valence-electron chi connectivity index (χ3n) is 4.76. The van der Waals surface area contributed by atoms with Gasteiger partial charge in [0.05, 0.1) is 34.9 Å². The first kappa shape index (κ1) is 23.9. The highest BCUT2D eigenvalue weighted by atomic mass is 35.5. The van der Waals surface area contributed by atoms with E-state index >= 15 is 0 Å². The lowest BCUT2D eigenvalue weighted by Crippen LogP contribution is -2.47. The van der Waals surface area contributed by atoms with Crippen molar-refractivity contribution < 1.29 is 19.4 Å². The first-order valence-electron chi connectivity index (χ1n) is 9.87. The Balaban J connectivity index is 1.41. The number of amides is 1. The van der Waals surface area contributed by atoms with Crippen LogP contribution in [0.1, 0.15) is 11.1 Å². The van der Waals surface area contributed by atoms with Crippen molar-refractivity contribution in [2.24, 2.45) is 0 Å². The maximum Gasteiger partial charge on any atom is 0.307 e. The average Bonchev–Trinajstić information content (AvgIpc) is 2.73. The molecule has 9 heteroatoms. The Kier molecular flexibility index (Phi) is 9.04. The van der Waals surface area contributed by atoms with E-state index in [1.165, 1.54) is 11.8 Å². The summed E-state index contributed by atoms with van der Waals surface area (Å²) in [5, 5.41) is 12.9. The topological polar surface area (TPSA) is 78.9 Å². The second kappa shape index (κ2) is 11.7. The van der Waals surface area contributed by atoms with Gasteiger partial charge < -0.3 is 15.2 Å². The van der Waals surface area contributed by atoms with Crippen molar-refractivity contribution in [1.82, 2.24) is 10.2 Å². The molecular weight excluding hydrogens is 459 g/mol. The van der Waals surface area contributed by atoms with Crippen molar-refractivity contribution in [2.75, 3.05) is 32.0 Å². The van der Waals surface area contributed by atoms with Crippen molar-refractivity contribution >= 4 is 46.8 Å². The van der Waals surface area contributed by atoms with Crippen LogP contribution in [0.15, 0.2) is 47.4 Å². The molecule has 6 nitrogen and oxygen atoms in total. The SMILES string of the molecule is O=C(O)Cc1cccc(SCC(=O)NCC2CN(Cc3ccc(Cl)c(Cl)c3)CCO2)c1. The minimum absolute atomic E-state index is 0.0294. The Bertz CT molecular complexity index is 928. The summed E-state index contributed by atoms with van der Waals surface area (Å²) in [6.07, 6.45) is -0.109. The first-order chi connectivity index (χ1) is 14.9. The molecule has 0 saturated carbocycles. The second-order valence-electron chi connectivity index (χ2n) is 7.29. The summed E-state index contributed by atoms with van der Waals surface area (Å²) in [7, 11) is 0. The number of carboxylic acids is 1. The summed E-state index contributed by atoms with van der Waals surface area (Å²) in [6, 6.07) is 12.9. The Hall–Kier alpha value is -1.77. The summed E-state index contributed by atoms with van der Waals surface area (Å²) in [6.45, 7) is 3.31. The molecule has 0 radical (unpaired) electrons. The van der Waals surface area contributed by atoms with Gasteiger partial charge in [-0.2, -0.15) is 0 Å². The zero-order valence-electron chi connectivity index (χ0n) is 16.9. The van der Waals surface area contributed by atoms with E-state index in [2.05, 4.69) is 10.2 Å². The van der Waals surface area contributed by atoms with Crippen molar-refractivity contribution in [1.29, 1.82) is 0 Å². The van der Waals surface area contributed by atoms with Gasteiger partial charge in [0, 0.05) is 31.1 Å². The van der Waals surface area contributed by atoms with E-state index in [9.17, 15) is 9.59 Å². The third-order valence-corrected chi connectivity index (χ3v) is 6.50. The zero-order chi connectivity index (χ0) is 22.2. The number of ether oxygens (including phenoxy) is 1. The van der Waals surface area contributed by atoms with Crippen LogP contribution in [0.3, 0.4) is 0 Å². The average molecular weight is 483 g/mol. The van der Waals surface area contributed by atoms with E-state index in [0.717, 1.165) is 29.1 Å². The number of nitrogens with zero attached hydrogens (tertiary/aromatic N) is 1. The summed E-state index contributed by atoms with van der Waals surface area (Å²) >= 11 is 13.5. The fourth-order valence-electron chi connectivity index (χ4n) is 3.29. The number of rotatable bonds is 9. The monoisotopic (exact) mass is 482 g/mol. The van der Waals surface area contributed by atoms with Crippen LogP contribution < -0.4 is 5.32 Å². The molecule has 1 saturated heterocycles. The molecule has 3 rings (SSSR count). The quantitative estimate of drug-likeness (QED) is 0.530. The first-order valence-corrected chi connectivity index (χ1v) is 11.6. The van der Waals surface area contributed by atoms with Crippen LogP contribution in [0.4, 0.5) is 0 Å². The molecule has 0 aliphatic carbocycles. The molecule has 1 unspecified atom stereocenters. The fraction of sp³-hybridized carbons (Fsp3) is 0.364. The summed E-state index contributed by atoms with van der Waals surface area (Å²) in [5.74, 6) is -0.699. The van der Waals surface area contributed by atoms with Gasteiger partial charge in [-0.15, -0.1) is 11.8 Å². The zero-order valence-corrected chi connectivity index (χ0v) is 19.2. The van der Waals surface area contributed by atoms with Gasteiger partial charge in [0.2, 0.25) is 5.91 Å². The molecule has 166 valence electrons. The number of benzene rings is 2. The lowest BCUT2D eigenvalue weighted by molar-refractivity contribution is -0.136. The Morgan fingerprint density at radius 1 is 1.16 bits per heavy atom. The minimum Gasteiger partial charge on any atom is -0.481 e. The van der Waals surface area contributed by atoms with Gasteiger partial charge >= 0.3 is 5.97 Å². The molecule has 1 fully saturated rings. The molecule has 1 atom stereocenters. The predicted molar refractivity (Wildman–Crippen MR) is 123 cm³/mol. The maximum absolute atomic E-state index is 12.2. The molecule has 0 aromatic heterocycles. The normalized spacial score (nSPS) is 16.8. The summed E-state index contributed by atoms with van der Waals surface area (Å²) in [5.41, 5.74) is 1.80. The van der Waals surface area contributed by atoms with Crippen molar-refractivity contribution in [2.45, 2.75) is 24.0 Å². The highest BCUT2D eigenvalue weighted by Gasteiger charge is 2.21. The van der Waals surface area contributed by atoms with Crippen LogP contribution in [0.2, 0.25) is 10.0 Å². The number of carbonyl (C=O) groups excluding carboxylic acids is 1. The van der Waals surface area contributed by atoms with E-state index in [1.54, 1.807) is 24.3 Å². The molecule has 1 aliphatic rings. The number of aliphatic carboxylic acids is 1. The minimum atomic E-state index is -0.874. The van der Waals surface area contributed by atoms with Gasteiger partial charge in [-0.1, -0.05) is 41.4 Å². The number of halogens is 2. The van der Waals surface area contributed by atoms with Crippen LogP contribution in [0, 0.1) is 0 Å². The van der Waals surface area contributed by atoms with Crippen LogP contribution in [-0.4, -0.2) is 60.0 Å². The number of morpholine rings is 1. The lowest BCUT2D eigenvalue weighted by Gasteiger charge is -2.33. The number of carboxylic acid groups (broad SMARTS) is 1. The molecule has 1 aliphatic heterocycles. The molecule has 2 aromatic carbocycles. The van der Waals surface area contributed by atoms with Crippen molar-refractivity contribution in [3.63, 3.8) is 0 Å². The molecule has 0 bridgehead atoms. The van der Waals surface area contributed by atoms with Crippen LogP contribution >= 0.6 is 35.0 Å². The smallest absolute Gasteiger partial charge is 0.307 e. The highest BCUT2D eigenvalue weighted by Crippen LogP contribution is 2.24. The van der Waals surface area contributed by atoms with E-state index in [4.69, 9.17) is 33.0 Å². The van der Waals surface area contributed by atoms with E-state index < -0.39 is 5.97 Å². The van der Waals surface area contributed by atoms with Crippen LogP contribution in [0.5, 0.6) is 0 Å². The number of thioether (sulfide) groups is 1. The predicted octanol–water partition coefficient (Wildman–Crippen LogP) is 3.73. The van der Waals surface area contributed by atoms with E-state index in [0.29, 0.717) is 29.7 Å². The summed E-state index contributed by atoms with van der Waals surface area (Å²) in [4.78, 5) is 26.2. The molecule has 0 spiro atoms. The molecule has 1 amide bonds. The van der Waals surface area contributed by atoms with Crippen molar-refractivity contribution in [3.8, 4) is 0 Å². The summed E-state index contributed by atoms with van der Waals surface area (Å²) < 4.78 is 5.79. The fourth-order valence-corrected chi connectivity index (χ4v) is 4.42. The molecule has 1 heterocycles. The molecular formula is C22H24Cl2N2O4S. The lowest BCUT2D eigenvalue weighted by atomic mass is 10.2.